The maximum Gasteiger partial charge on any atom is 0.120 e. The number of phenolic OH excluding ortho intramolecular Hbond substituents is 1. The van der Waals surface area contributed by atoms with Crippen LogP contribution in [0.3, 0.4) is 0 Å². The predicted octanol–water partition coefficient (Wildman–Crippen LogP) is 2.50. The molecule has 17 heavy (non-hydrogen) atoms. The van der Waals surface area contributed by atoms with Gasteiger partial charge in [-0.1, -0.05) is 31.5 Å². The van der Waals surface area contributed by atoms with Crippen LogP contribution in [0.1, 0.15) is 43.9 Å². The van der Waals surface area contributed by atoms with Crippen LogP contribution in [-0.2, 0) is 0 Å². The van der Waals surface area contributed by atoms with Crippen LogP contribution in [0, 0.1) is 12.8 Å². The van der Waals surface area contributed by atoms with Crippen molar-refractivity contribution in [2.75, 3.05) is 0 Å². The van der Waals surface area contributed by atoms with Gasteiger partial charge in [-0.3, -0.25) is 0 Å². The molecule has 1 rings (SSSR count). The van der Waals surface area contributed by atoms with Crippen LogP contribution in [0.25, 0.3) is 0 Å². The van der Waals surface area contributed by atoms with E-state index in [0.717, 1.165) is 12.0 Å². The Morgan fingerprint density at radius 2 is 1.88 bits per heavy atom. The Morgan fingerprint density at radius 1 is 1.24 bits per heavy atom. The number of rotatable bonds is 5. The lowest BCUT2D eigenvalue weighted by molar-refractivity contribution is 0.127. The van der Waals surface area contributed by atoms with Crippen LogP contribution < -0.4 is 5.73 Å². The molecule has 0 aliphatic carbocycles. The highest BCUT2D eigenvalue weighted by Crippen LogP contribution is 2.27. The zero-order valence-electron chi connectivity index (χ0n) is 10.9. The van der Waals surface area contributed by atoms with Crippen molar-refractivity contribution in [3.05, 3.63) is 29.3 Å². The van der Waals surface area contributed by atoms with Crippen LogP contribution >= 0.6 is 0 Å². The number of aromatic hydroxyl groups is 1. The minimum absolute atomic E-state index is 0.159. The fraction of sp³-hybridized carbons (Fsp3) is 0.571. The minimum Gasteiger partial charge on any atom is -0.508 e. The van der Waals surface area contributed by atoms with E-state index in [0.29, 0.717) is 17.9 Å². The first-order valence-corrected chi connectivity index (χ1v) is 6.15. The van der Waals surface area contributed by atoms with Crippen molar-refractivity contribution in [3.63, 3.8) is 0 Å². The van der Waals surface area contributed by atoms with Crippen LogP contribution in [0.4, 0.5) is 0 Å². The summed E-state index contributed by atoms with van der Waals surface area (Å²) in [5, 5.41) is 19.7. The molecule has 0 aromatic heterocycles. The second-order valence-corrected chi connectivity index (χ2v) is 5.13. The molecule has 96 valence electrons. The van der Waals surface area contributed by atoms with Crippen LogP contribution in [-0.4, -0.2) is 16.3 Å². The van der Waals surface area contributed by atoms with Crippen LogP contribution in [0.5, 0.6) is 5.75 Å². The summed E-state index contributed by atoms with van der Waals surface area (Å²) in [4.78, 5) is 0. The van der Waals surface area contributed by atoms with Crippen molar-refractivity contribution in [1.82, 2.24) is 0 Å². The quantitative estimate of drug-likeness (QED) is 0.737. The molecule has 0 amide bonds. The minimum atomic E-state index is -0.606. The van der Waals surface area contributed by atoms with Crippen molar-refractivity contribution in [2.24, 2.45) is 11.7 Å². The van der Waals surface area contributed by atoms with Crippen molar-refractivity contribution in [2.45, 2.75) is 45.8 Å². The van der Waals surface area contributed by atoms with Gasteiger partial charge in [0.25, 0.3) is 0 Å². The van der Waals surface area contributed by atoms with Gasteiger partial charge in [0.1, 0.15) is 5.75 Å². The molecule has 1 aromatic carbocycles. The zero-order chi connectivity index (χ0) is 13.0. The van der Waals surface area contributed by atoms with E-state index in [-0.39, 0.29) is 5.75 Å². The van der Waals surface area contributed by atoms with E-state index in [1.165, 1.54) is 0 Å². The standard InChI is InChI=1S/C14H23NO2/c1-9(2)4-6-13(17)14(15)11-8-10(3)5-7-12(11)16/h5,7-9,13-14,16-17H,4,6,15H2,1-3H3/t13-,14+/m1/s1. The van der Waals surface area contributed by atoms with Crippen LogP contribution in [0.2, 0.25) is 0 Å². The summed E-state index contributed by atoms with van der Waals surface area (Å²) in [7, 11) is 0. The normalized spacial score (nSPS) is 14.9. The third kappa shape index (κ3) is 4.02. The van der Waals surface area contributed by atoms with Gasteiger partial charge in [-0.15, -0.1) is 0 Å². The highest BCUT2D eigenvalue weighted by molar-refractivity contribution is 5.38. The Morgan fingerprint density at radius 3 is 2.47 bits per heavy atom. The molecule has 0 unspecified atom stereocenters. The third-order valence-electron chi connectivity index (χ3n) is 3.00. The Hall–Kier alpha value is -1.06. The summed E-state index contributed by atoms with van der Waals surface area (Å²) in [6.45, 7) is 6.17. The van der Waals surface area contributed by atoms with Gasteiger partial charge < -0.3 is 15.9 Å². The summed E-state index contributed by atoms with van der Waals surface area (Å²) >= 11 is 0. The first kappa shape index (κ1) is 14.0. The molecule has 3 heteroatoms. The van der Waals surface area contributed by atoms with Gasteiger partial charge in [0.15, 0.2) is 0 Å². The number of hydrogen-bond donors (Lipinski definition) is 3. The number of benzene rings is 1. The van der Waals surface area contributed by atoms with Gasteiger partial charge in [-0.05, 0) is 31.7 Å². The summed E-state index contributed by atoms with van der Waals surface area (Å²) < 4.78 is 0. The number of aliphatic hydroxyl groups excluding tert-OH is 1. The third-order valence-corrected chi connectivity index (χ3v) is 3.00. The topological polar surface area (TPSA) is 66.5 Å². The molecule has 3 nitrogen and oxygen atoms in total. The van der Waals surface area contributed by atoms with E-state index in [2.05, 4.69) is 13.8 Å². The maximum absolute atomic E-state index is 10.00. The molecule has 0 saturated heterocycles. The first-order chi connectivity index (χ1) is 7.91. The fourth-order valence-electron chi connectivity index (χ4n) is 1.83. The second kappa shape index (κ2) is 6.03. The molecule has 0 aliphatic rings. The predicted molar refractivity (Wildman–Crippen MR) is 69.9 cm³/mol. The number of phenols is 1. The van der Waals surface area contributed by atoms with Gasteiger partial charge in [0.2, 0.25) is 0 Å². The smallest absolute Gasteiger partial charge is 0.120 e. The fourth-order valence-corrected chi connectivity index (χ4v) is 1.83. The van der Waals surface area contributed by atoms with Crippen LogP contribution in [0.15, 0.2) is 18.2 Å². The van der Waals surface area contributed by atoms with E-state index in [1.807, 2.05) is 19.1 Å². The Bertz CT molecular complexity index is 363. The van der Waals surface area contributed by atoms with E-state index in [9.17, 15) is 10.2 Å². The monoisotopic (exact) mass is 237 g/mol. The molecule has 0 bridgehead atoms. The maximum atomic E-state index is 10.00. The van der Waals surface area contributed by atoms with E-state index < -0.39 is 12.1 Å². The molecule has 1 aromatic rings. The number of aliphatic hydroxyl groups is 1. The second-order valence-electron chi connectivity index (χ2n) is 5.13. The summed E-state index contributed by atoms with van der Waals surface area (Å²) in [5.74, 6) is 0.703. The van der Waals surface area contributed by atoms with Crippen molar-refractivity contribution >= 4 is 0 Å². The van der Waals surface area contributed by atoms with Gasteiger partial charge >= 0.3 is 0 Å². The van der Waals surface area contributed by atoms with Crippen molar-refractivity contribution < 1.29 is 10.2 Å². The Kier molecular flexibility index (Phi) is 4.97. The zero-order valence-corrected chi connectivity index (χ0v) is 10.9. The largest absolute Gasteiger partial charge is 0.508 e. The highest BCUT2D eigenvalue weighted by atomic mass is 16.3. The Balaban J connectivity index is 2.74. The van der Waals surface area contributed by atoms with Gasteiger partial charge in [-0.25, -0.2) is 0 Å². The number of hydrogen-bond acceptors (Lipinski definition) is 3. The van der Waals surface area contributed by atoms with Crippen molar-refractivity contribution in [3.8, 4) is 5.75 Å². The van der Waals surface area contributed by atoms with E-state index in [1.54, 1.807) is 6.07 Å². The summed E-state index contributed by atoms with van der Waals surface area (Å²) in [6, 6.07) is 4.76. The summed E-state index contributed by atoms with van der Waals surface area (Å²) in [5.41, 5.74) is 7.64. The molecule has 0 spiro atoms. The molecular weight excluding hydrogens is 214 g/mol. The molecule has 0 saturated carbocycles. The molecular formula is C14H23NO2. The molecule has 0 fully saturated rings. The summed E-state index contributed by atoms with van der Waals surface area (Å²) in [6.07, 6.45) is 0.985. The van der Waals surface area contributed by atoms with Gasteiger partial charge in [0, 0.05) is 5.56 Å². The molecule has 2 atom stereocenters. The molecule has 0 radical (unpaired) electrons. The van der Waals surface area contributed by atoms with Gasteiger partial charge in [-0.2, -0.15) is 0 Å². The number of aryl methyl sites for hydroxylation is 1. The number of nitrogens with two attached hydrogens (primary N) is 1. The lowest BCUT2D eigenvalue weighted by Gasteiger charge is -2.21. The van der Waals surface area contributed by atoms with E-state index in [4.69, 9.17) is 5.73 Å². The molecule has 4 N–H and O–H groups in total. The van der Waals surface area contributed by atoms with Gasteiger partial charge in [0.05, 0.1) is 12.1 Å². The average Bonchev–Trinajstić information content (AvgIpc) is 2.28. The van der Waals surface area contributed by atoms with Crippen molar-refractivity contribution in [1.29, 1.82) is 0 Å². The molecule has 0 heterocycles. The molecule has 0 aliphatic heterocycles. The SMILES string of the molecule is Cc1ccc(O)c([C@H](N)[C@H](O)CCC(C)C)c1. The lowest BCUT2D eigenvalue weighted by atomic mass is 9.94. The Labute approximate surface area is 103 Å². The average molecular weight is 237 g/mol. The highest BCUT2D eigenvalue weighted by Gasteiger charge is 2.19. The first-order valence-electron chi connectivity index (χ1n) is 6.15. The lowest BCUT2D eigenvalue weighted by Crippen LogP contribution is -2.26. The van der Waals surface area contributed by atoms with E-state index >= 15 is 0 Å².